The molecule has 1 aromatic carbocycles. The van der Waals surface area contributed by atoms with Crippen molar-refractivity contribution in [3.8, 4) is 11.3 Å². The predicted octanol–water partition coefficient (Wildman–Crippen LogP) is 2.76. The van der Waals surface area contributed by atoms with E-state index in [0.29, 0.717) is 36.7 Å². The first-order chi connectivity index (χ1) is 16.3. The first-order valence-corrected chi connectivity index (χ1v) is 11.4. The van der Waals surface area contributed by atoms with E-state index >= 15 is 0 Å². The van der Waals surface area contributed by atoms with Crippen molar-refractivity contribution >= 4 is 35.2 Å². The largest absolute Gasteiger partial charge is 0.381 e. The lowest BCUT2D eigenvalue weighted by atomic mass is 10.1. The Labute approximate surface area is 200 Å². The number of methoxy groups -OCH3 is 1. The van der Waals surface area contributed by atoms with Gasteiger partial charge in [-0.15, -0.1) is 0 Å². The summed E-state index contributed by atoms with van der Waals surface area (Å²) in [6.07, 6.45) is 4.24. The van der Waals surface area contributed by atoms with Gasteiger partial charge in [0.05, 0.1) is 36.9 Å². The fraction of sp³-hybridized carbons (Fsp3) is 0.375. The highest BCUT2D eigenvalue weighted by Crippen LogP contribution is 2.35. The summed E-state index contributed by atoms with van der Waals surface area (Å²) in [5.41, 5.74) is 1.55. The molecule has 3 heterocycles. The van der Waals surface area contributed by atoms with E-state index in [2.05, 4.69) is 4.98 Å². The summed E-state index contributed by atoms with van der Waals surface area (Å²) in [5.74, 6) is -0.0656. The quantitative estimate of drug-likeness (QED) is 0.532. The van der Waals surface area contributed by atoms with Gasteiger partial charge < -0.3 is 9.64 Å². The number of amides is 1. The third-order valence-electron chi connectivity index (χ3n) is 6.54. The Bertz CT molecular complexity index is 1420. The Morgan fingerprint density at radius 2 is 2.09 bits per heavy atom. The summed E-state index contributed by atoms with van der Waals surface area (Å²) < 4.78 is 23.4. The lowest BCUT2D eigenvalue weighted by Gasteiger charge is -2.24. The zero-order valence-electron chi connectivity index (χ0n) is 19.1. The number of rotatable bonds is 4. The monoisotopic (exact) mass is 484 g/mol. The van der Waals surface area contributed by atoms with Gasteiger partial charge in [0, 0.05) is 23.4 Å². The number of fused-ring (bicyclic) bond motifs is 1. The van der Waals surface area contributed by atoms with E-state index in [1.807, 2.05) is 10.8 Å². The number of nitrogens with zero attached hydrogens (tertiary/aromatic N) is 5. The van der Waals surface area contributed by atoms with Gasteiger partial charge in [0.25, 0.3) is 5.56 Å². The van der Waals surface area contributed by atoms with Crippen molar-refractivity contribution in [2.24, 2.45) is 5.92 Å². The van der Waals surface area contributed by atoms with E-state index in [0.717, 1.165) is 6.42 Å². The molecule has 1 amide bonds. The van der Waals surface area contributed by atoms with Gasteiger partial charge in [-0.05, 0) is 43.5 Å². The molecule has 34 heavy (non-hydrogen) atoms. The van der Waals surface area contributed by atoms with Gasteiger partial charge in [0.2, 0.25) is 11.6 Å². The Morgan fingerprint density at radius 3 is 2.74 bits per heavy atom. The van der Waals surface area contributed by atoms with Crippen molar-refractivity contribution < 1.29 is 18.5 Å². The van der Waals surface area contributed by atoms with Crippen LogP contribution in [0.25, 0.3) is 16.9 Å². The maximum atomic E-state index is 14.9. The van der Waals surface area contributed by atoms with Gasteiger partial charge in [0.15, 0.2) is 5.65 Å². The van der Waals surface area contributed by atoms with Crippen LogP contribution in [-0.2, 0) is 9.53 Å². The summed E-state index contributed by atoms with van der Waals surface area (Å²) in [5, 5.41) is 0.263. The topological polar surface area (TPSA) is 79.8 Å². The summed E-state index contributed by atoms with van der Waals surface area (Å²) in [4.78, 5) is 36.8. The second kappa shape index (κ2) is 8.56. The summed E-state index contributed by atoms with van der Waals surface area (Å²) in [6, 6.07) is 4.32. The standard InChI is InChI=1S/C24H24ClFN5O3/c1-13-14(2)27-22-21(16-5-4-15(25)10-18(16)26)28-20(12-31(22)23(13)32)29-6-8-30(9-7-29)24(33)17-11-19(17)34-3/h4-6,10,12,17,19H,7-9,11H2,1-3H3/q+1/t17-,19-/m1/s1. The molecule has 1 aliphatic heterocycles. The number of ether oxygens (including phenoxy) is 1. The second-order valence-electron chi connectivity index (χ2n) is 8.67. The highest BCUT2D eigenvalue weighted by atomic mass is 35.5. The maximum absolute atomic E-state index is 14.9. The summed E-state index contributed by atoms with van der Waals surface area (Å²) in [6.45, 7) is 4.86. The minimum absolute atomic E-state index is 0.00980. The van der Waals surface area contributed by atoms with Crippen LogP contribution in [0.5, 0.6) is 0 Å². The molecule has 1 aliphatic carbocycles. The van der Waals surface area contributed by atoms with Crippen LogP contribution >= 0.6 is 11.6 Å². The van der Waals surface area contributed by atoms with E-state index in [-0.39, 0.29) is 45.4 Å². The second-order valence-corrected chi connectivity index (χ2v) is 9.11. The first kappa shape index (κ1) is 22.6. The van der Waals surface area contributed by atoms with Crippen LogP contribution in [0.1, 0.15) is 17.7 Å². The van der Waals surface area contributed by atoms with Crippen LogP contribution in [0.15, 0.2) is 29.2 Å². The van der Waals surface area contributed by atoms with Crippen molar-refractivity contribution in [2.45, 2.75) is 26.4 Å². The molecule has 0 N–H and O–H groups in total. The molecule has 5 rings (SSSR count). The number of hydrogen-bond acceptors (Lipinski definition) is 5. The van der Waals surface area contributed by atoms with Gasteiger partial charge in [-0.25, -0.2) is 13.9 Å². The SMILES string of the molecule is CO[C@@H]1C[C@H]1C(=O)N1CC=[N+](c2cn3c(=O)c(C)c(C)nc3c(-c3ccc(Cl)cc3F)n2)CC1. The number of hydrogen-bond donors (Lipinski definition) is 0. The molecule has 2 aromatic heterocycles. The Morgan fingerprint density at radius 1 is 1.29 bits per heavy atom. The van der Waals surface area contributed by atoms with Crippen molar-refractivity contribution in [3.05, 3.63) is 56.8 Å². The number of aryl methyl sites for hydroxylation is 1. The van der Waals surface area contributed by atoms with Gasteiger partial charge in [0.1, 0.15) is 18.6 Å². The van der Waals surface area contributed by atoms with Crippen LogP contribution in [-0.4, -0.2) is 68.8 Å². The van der Waals surface area contributed by atoms with E-state index in [9.17, 15) is 14.0 Å². The smallest absolute Gasteiger partial charge is 0.340 e. The van der Waals surface area contributed by atoms with Crippen LogP contribution < -0.4 is 5.56 Å². The van der Waals surface area contributed by atoms with Crippen LogP contribution in [0, 0.1) is 25.6 Å². The normalized spacial score (nSPS) is 19.9. The number of carbonyl (C=O) groups is 1. The fourth-order valence-electron chi connectivity index (χ4n) is 4.27. The molecule has 176 valence electrons. The molecule has 0 radical (unpaired) electrons. The predicted molar refractivity (Wildman–Crippen MR) is 125 cm³/mol. The zero-order valence-corrected chi connectivity index (χ0v) is 19.8. The molecular weight excluding hydrogens is 461 g/mol. The number of carbonyl (C=O) groups excluding carboxylic acids is 1. The Kier molecular flexibility index (Phi) is 5.69. The van der Waals surface area contributed by atoms with E-state index < -0.39 is 5.82 Å². The molecule has 0 bridgehead atoms. The molecule has 1 fully saturated rings. The minimum Gasteiger partial charge on any atom is -0.381 e. The highest BCUT2D eigenvalue weighted by molar-refractivity contribution is 6.30. The van der Waals surface area contributed by atoms with Crippen molar-refractivity contribution in [1.82, 2.24) is 19.3 Å². The number of benzene rings is 1. The Hall–Kier alpha value is -3.17. The van der Waals surface area contributed by atoms with E-state index in [1.54, 1.807) is 38.1 Å². The summed E-state index contributed by atoms with van der Waals surface area (Å²) in [7, 11) is 1.62. The third kappa shape index (κ3) is 3.88. The van der Waals surface area contributed by atoms with Crippen molar-refractivity contribution in [1.29, 1.82) is 0 Å². The fourth-order valence-corrected chi connectivity index (χ4v) is 4.43. The molecule has 0 saturated heterocycles. The average Bonchev–Trinajstić information content (AvgIpc) is 3.62. The van der Waals surface area contributed by atoms with Crippen molar-refractivity contribution in [2.75, 3.05) is 26.7 Å². The highest BCUT2D eigenvalue weighted by Gasteiger charge is 2.45. The van der Waals surface area contributed by atoms with Crippen LogP contribution in [0.4, 0.5) is 10.2 Å². The molecule has 1 saturated carbocycles. The Balaban J connectivity index is 1.58. The van der Waals surface area contributed by atoms with Gasteiger partial charge in [-0.3, -0.25) is 14.0 Å². The molecular formula is C24H24ClFN5O3+. The number of aromatic nitrogens is 3. The van der Waals surface area contributed by atoms with Gasteiger partial charge in [-0.2, -0.15) is 0 Å². The zero-order chi connectivity index (χ0) is 24.1. The van der Waals surface area contributed by atoms with Crippen molar-refractivity contribution in [3.63, 3.8) is 0 Å². The molecule has 3 aromatic rings. The van der Waals surface area contributed by atoms with E-state index in [4.69, 9.17) is 21.3 Å². The average molecular weight is 485 g/mol. The maximum Gasteiger partial charge on any atom is 0.340 e. The minimum atomic E-state index is -0.553. The van der Waals surface area contributed by atoms with Crippen LogP contribution in [0.3, 0.4) is 0 Å². The third-order valence-corrected chi connectivity index (χ3v) is 6.78. The van der Waals surface area contributed by atoms with E-state index in [1.165, 1.54) is 16.5 Å². The summed E-state index contributed by atoms with van der Waals surface area (Å²) >= 11 is 5.95. The van der Waals surface area contributed by atoms with Gasteiger partial charge in [-0.1, -0.05) is 11.6 Å². The molecule has 0 unspecified atom stereocenters. The lowest BCUT2D eigenvalue weighted by Crippen LogP contribution is -2.43. The molecule has 8 nitrogen and oxygen atoms in total. The molecule has 2 aliphatic rings. The molecule has 2 atom stereocenters. The van der Waals surface area contributed by atoms with Crippen LogP contribution in [0.2, 0.25) is 5.02 Å². The van der Waals surface area contributed by atoms with Gasteiger partial charge >= 0.3 is 5.82 Å². The molecule has 0 spiro atoms. The number of halogens is 2. The molecule has 10 heteroatoms. The first-order valence-electron chi connectivity index (χ1n) is 11.1. The lowest BCUT2D eigenvalue weighted by molar-refractivity contribution is -0.446.